The lowest BCUT2D eigenvalue weighted by molar-refractivity contribution is 0.0525. The van der Waals surface area contributed by atoms with Crippen molar-refractivity contribution in [3.63, 3.8) is 0 Å². The quantitative estimate of drug-likeness (QED) is 0.403. The average molecular weight is 449 g/mol. The lowest BCUT2D eigenvalue weighted by Gasteiger charge is -2.11. The van der Waals surface area contributed by atoms with Crippen molar-refractivity contribution in [2.75, 3.05) is 24.4 Å². The number of benzene rings is 2. The number of hydrogen-bond acceptors (Lipinski definition) is 6. The van der Waals surface area contributed by atoms with Gasteiger partial charge in [0.15, 0.2) is 5.11 Å². The molecule has 3 aromatic rings. The predicted molar refractivity (Wildman–Crippen MR) is 120 cm³/mol. The van der Waals surface area contributed by atoms with E-state index in [1.54, 1.807) is 31.2 Å². The Morgan fingerprint density at radius 2 is 1.83 bits per heavy atom. The number of methoxy groups -OCH3 is 1. The molecule has 0 aliphatic rings. The first kappa shape index (κ1) is 21.0. The van der Waals surface area contributed by atoms with Gasteiger partial charge in [-0.25, -0.2) is 9.59 Å². The van der Waals surface area contributed by atoms with Gasteiger partial charge >= 0.3 is 11.9 Å². The lowest BCUT2D eigenvalue weighted by Crippen LogP contribution is -2.19. The van der Waals surface area contributed by atoms with Gasteiger partial charge in [-0.2, -0.15) is 0 Å². The second-order valence-electron chi connectivity index (χ2n) is 5.83. The Morgan fingerprint density at radius 3 is 2.52 bits per heavy atom. The smallest absolute Gasteiger partial charge is 0.349 e. The van der Waals surface area contributed by atoms with Crippen LogP contribution in [-0.4, -0.2) is 30.8 Å². The zero-order chi connectivity index (χ0) is 21.0. The van der Waals surface area contributed by atoms with E-state index in [1.807, 2.05) is 18.2 Å². The van der Waals surface area contributed by atoms with Crippen LogP contribution in [0.15, 0.2) is 42.5 Å². The number of anilines is 2. The van der Waals surface area contributed by atoms with E-state index in [0.29, 0.717) is 32.9 Å². The van der Waals surface area contributed by atoms with Crippen LogP contribution in [0.2, 0.25) is 5.02 Å². The van der Waals surface area contributed by atoms with E-state index in [-0.39, 0.29) is 0 Å². The highest BCUT2D eigenvalue weighted by Gasteiger charge is 2.18. The molecule has 2 N–H and O–H groups in total. The summed E-state index contributed by atoms with van der Waals surface area (Å²) >= 11 is 12.9. The van der Waals surface area contributed by atoms with E-state index in [1.165, 1.54) is 18.4 Å². The third kappa shape index (κ3) is 4.84. The summed E-state index contributed by atoms with van der Waals surface area (Å²) in [5, 5.41) is 7.61. The molecule has 0 atom stereocenters. The number of nitrogens with one attached hydrogen (secondary N) is 2. The lowest BCUT2D eigenvalue weighted by atomic mass is 10.2. The van der Waals surface area contributed by atoms with Crippen molar-refractivity contribution in [1.29, 1.82) is 0 Å². The molecule has 150 valence electrons. The molecule has 0 radical (unpaired) electrons. The number of ether oxygens (including phenoxy) is 2. The van der Waals surface area contributed by atoms with E-state index in [4.69, 9.17) is 33.3 Å². The zero-order valence-electron chi connectivity index (χ0n) is 15.6. The fraction of sp³-hybridized carbons (Fsp3) is 0.150. The first-order valence-electron chi connectivity index (χ1n) is 8.58. The van der Waals surface area contributed by atoms with Crippen LogP contribution in [0.3, 0.4) is 0 Å². The van der Waals surface area contributed by atoms with E-state index in [9.17, 15) is 9.59 Å². The number of carbonyl (C=O) groups is 2. The number of thiocarbonyl (C=S) groups is 1. The molecule has 2 aromatic carbocycles. The molecule has 1 heterocycles. The van der Waals surface area contributed by atoms with Crippen molar-refractivity contribution < 1.29 is 19.1 Å². The largest absolute Gasteiger partial charge is 0.465 e. The number of thiophene rings is 1. The molecule has 0 aliphatic heterocycles. The van der Waals surface area contributed by atoms with Gasteiger partial charge in [0, 0.05) is 21.5 Å². The second kappa shape index (κ2) is 9.21. The van der Waals surface area contributed by atoms with Crippen LogP contribution < -0.4 is 10.6 Å². The number of fused-ring (bicyclic) bond motifs is 1. The third-order valence-electron chi connectivity index (χ3n) is 3.89. The monoisotopic (exact) mass is 448 g/mol. The molecule has 1 aromatic heterocycles. The van der Waals surface area contributed by atoms with Crippen LogP contribution in [0.1, 0.15) is 27.0 Å². The van der Waals surface area contributed by atoms with Crippen molar-refractivity contribution in [2.45, 2.75) is 6.92 Å². The highest BCUT2D eigenvalue weighted by molar-refractivity contribution is 7.80. The molecule has 3 rings (SSSR count). The van der Waals surface area contributed by atoms with Crippen LogP contribution in [0.5, 0.6) is 0 Å². The zero-order valence-corrected chi connectivity index (χ0v) is 18.0. The Kier molecular flexibility index (Phi) is 6.68. The topological polar surface area (TPSA) is 76.7 Å². The molecule has 0 unspecified atom stereocenters. The molecule has 9 heteroatoms. The summed E-state index contributed by atoms with van der Waals surface area (Å²) in [5.41, 5.74) is 1.82. The van der Waals surface area contributed by atoms with Crippen LogP contribution in [-0.2, 0) is 9.47 Å². The van der Waals surface area contributed by atoms with E-state index < -0.39 is 11.9 Å². The van der Waals surface area contributed by atoms with Crippen molar-refractivity contribution in [1.82, 2.24) is 0 Å². The molecule has 0 fully saturated rings. The molecule has 0 amide bonds. The van der Waals surface area contributed by atoms with E-state index in [2.05, 4.69) is 10.6 Å². The first-order chi connectivity index (χ1) is 13.9. The molecular weight excluding hydrogens is 432 g/mol. The highest BCUT2D eigenvalue weighted by Crippen LogP contribution is 2.37. The van der Waals surface area contributed by atoms with E-state index >= 15 is 0 Å². The summed E-state index contributed by atoms with van der Waals surface area (Å²) in [5.74, 6) is -0.860. The molecule has 0 aliphatic carbocycles. The number of carbonyl (C=O) groups excluding carboxylic acids is 2. The summed E-state index contributed by atoms with van der Waals surface area (Å²) in [6, 6.07) is 12.3. The SMILES string of the molecule is CCOC(=O)c1cccc(NC(=S)Nc2ccc3c(Cl)c(C(=O)OC)sc3c2)c1. The molecule has 6 nitrogen and oxygen atoms in total. The van der Waals surface area contributed by atoms with E-state index in [0.717, 1.165) is 15.8 Å². The van der Waals surface area contributed by atoms with Gasteiger partial charge in [0.25, 0.3) is 0 Å². The van der Waals surface area contributed by atoms with Crippen LogP contribution in [0, 0.1) is 0 Å². The summed E-state index contributed by atoms with van der Waals surface area (Å²) in [4.78, 5) is 24.0. The van der Waals surface area contributed by atoms with Gasteiger partial charge in [-0.05, 0) is 55.5 Å². The molecule has 0 saturated carbocycles. The Labute approximate surface area is 181 Å². The fourth-order valence-corrected chi connectivity index (χ4v) is 4.30. The third-order valence-corrected chi connectivity index (χ3v) is 5.73. The summed E-state index contributed by atoms with van der Waals surface area (Å²) in [6.45, 7) is 2.06. The fourth-order valence-electron chi connectivity index (χ4n) is 2.60. The minimum Gasteiger partial charge on any atom is -0.465 e. The van der Waals surface area contributed by atoms with Gasteiger partial charge in [-0.1, -0.05) is 17.7 Å². The van der Waals surface area contributed by atoms with Crippen LogP contribution in [0.4, 0.5) is 11.4 Å². The average Bonchev–Trinajstić information content (AvgIpc) is 3.03. The number of esters is 2. The van der Waals surface area contributed by atoms with Crippen molar-refractivity contribution in [2.24, 2.45) is 0 Å². The molecule has 0 bridgehead atoms. The maximum absolute atomic E-state index is 11.9. The van der Waals surface area contributed by atoms with Gasteiger partial charge in [-0.3, -0.25) is 0 Å². The van der Waals surface area contributed by atoms with Crippen LogP contribution >= 0.6 is 35.2 Å². The molecule has 0 spiro atoms. The van der Waals surface area contributed by atoms with Crippen molar-refractivity contribution >= 4 is 73.7 Å². The Balaban J connectivity index is 1.74. The Bertz CT molecular complexity index is 1100. The standard InChI is InChI=1S/C20H17ClN2O4S2/c1-3-27-18(24)11-5-4-6-12(9-11)22-20(28)23-13-7-8-14-15(10-13)29-17(16(14)21)19(25)26-2/h4-10H,3H2,1-2H3,(H2,22,23,28). The summed E-state index contributed by atoms with van der Waals surface area (Å²) in [6.07, 6.45) is 0. The van der Waals surface area contributed by atoms with Gasteiger partial charge in [0.1, 0.15) is 4.88 Å². The maximum Gasteiger partial charge on any atom is 0.349 e. The van der Waals surface area contributed by atoms with Gasteiger partial charge in [0.05, 0.1) is 24.3 Å². The van der Waals surface area contributed by atoms with Gasteiger partial charge in [-0.15, -0.1) is 11.3 Å². The number of halogens is 1. The second-order valence-corrected chi connectivity index (χ2v) is 7.67. The maximum atomic E-state index is 11.9. The first-order valence-corrected chi connectivity index (χ1v) is 10.2. The van der Waals surface area contributed by atoms with Crippen molar-refractivity contribution in [3.8, 4) is 0 Å². The van der Waals surface area contributed by atoms with Gasteiger partial charge < -0.3 is 20.1 Å². The normalized spacial score (nSPS) is 10.4. The number of rotatable bonds is 5. The molecule has 29 heavy (non-hydrogen) atoms. The Hall–Kier alpha value is -2.68. The van der Waals surface area contributed by atoms with Gasteiger partial charge in [0.2, 0.25) is 0 Å². The minimum absolute atomic E-state index is 0.309. The Morgan fingerprint density at radius 1 is 1.10 bits per heavy atom. The minimum atomic E-state index is -0.468. The highest BCUT2D eigenvalue weighted by atomic mass is 35.5. The molecule has 0 saturated heterocycles. The number of hydrogen-bond donors (Lipinski definition) is 2. The summed E-state index contributed by atoms with van der Waals surface area (Å²) < 4.78 is 10.6. The predicted octanol–water partition coefficient (Wildman–Crippen LogP) is 5.33. The van der Waals surface area contributed by atoms with Crippen LogP contribution in [0.25, 0.3) is 10.1 Å². The summed E-state index contributed by atoms with van der Waals surface area (Å²) in [7, 11) is 1.32. The molecular formula is C20H17ClN2O4S2. The van der Waals surface area contributed by atoms with Crippen molar-refractivity contribution in [3.05, 3.63) is 57.9 Å².